The topological polar surface area (TPSA) is 68.8 Å². The van der Waals surface area contributed by atoms with Gasteiger partial charge in [0.1, 0.15) is 0 Å². The molecule has 1 fully saturated rings. The second-order valence-electron chi connectivity index (χ2n) is 6.25. The number of para-hydroxylation sites is 1. The number of hydrogen-bond donors (Lipinski definition) is 0. The lowest BCUT2D eigenvalue weighted by atomic mass is 10.2. The van der Waals surface area contributed by atoms with Gasteiger partial charge in [-0.1, -0.05) is 18.2 Å². The van der Waals surface area contributed by atoms with Crippen molar-refractivity contribution >= 4 is 5.91 Å². The minimum Gasteiger partial charge on any atom is -0.338 e. The summed E-state index contributed by atoms with van der Waals surface area (Å²) in [6.45, 7) is 1.55. The van der Waals surface area contributed by atoms with Crippen molar-refractivity contribution in [1.29, 1.82) is 0 Å². The first-order valence-corrected chi connectivity index (χ1v) is 8.53. The number of carbonyl (C=O) groups is 1. The van der Waals surface area contributed by atoms with E-state index in [0.29, 0.717) is 5.69 Å². The summed E-state index contributed by atoms with van der Waals surface area (Å²) in [7, 11) is 0. The molecule has 128 valence electrons. The van der Waals surface area contributed by atoms with Gasteiger partial charge in [-0.25, -0.2) is 0 Å². The normalized spacial score (nSPS) is 17.1. The minimum absolute atomic E-state index is 0.106. The number of aromatic nitrogens is 5. The summed E-state index contributed by atoms with van der Waals surface area (Å²) < 4.78 is 1.89. The van der Waals surface area contributed by atoms with E-state index in [1.807, 2.05) is 52.2 Å². The SMILES string of the molecule is O=C(Cc1cnn(-c2ccccc2)n1)N1CCC[C@H]1Cn1cccn1. The smallest absolute Gasteiger partial charge is 0.229 e. The van der Waals surface area contributed by atoms with Gasteiger partial charge in [-0.3, -0.25) is 9.48 Å². The maximum atomic E-state index is 12.7. The van der Waals surface area contributed by atoms with Crippen LogP contribution >= 0.6 is 0 Å². The lowest BCUT2D eigenvalue weighted by Crippen LogP contribution is -2.39. The van der Waals surface area contributed by atoms with Gasteiger partial charge >= 0.3 is 0 Å². The van der Waals surface area contributed by atoms with E-state index in [2.05, 4.69) is 15.3 Å². The molecular formula is C18H20N6O. The van der Waals surface area contributed by atoms with E-state index in [9.17, 15) is 4.79 Å². The Balaban J connectivity index is 1.42. The average molecular weight is 336 g/mol. The average Bonchev–Trinajstić information content (AvgIpc) is 3.38. The Morgan fingerprint density at radius 3 is 2.84 bits per heavy atom. The van der Waals surface area contributed by atoms with Gasteiger partial charge in [0.2, 0.25) is 5.91 Å². The van der Waals surface area contributed by atoms with E-state index < -0.39 is 0 Å². The lowest BCUT2D eigenvalue weighted by molar-refractivity contribution is -0.131. The van der Waals surface area contributed by atoms with Crippen LogP contribution < -0.4 is 0 Å². The molecule has 0 radical (unpaired) electrons. The van der Waals surface area contributed by atoms with Gasteiger partial charge in [-0.05, 0) is 31.0 Å². The Morgan fingerprint density at radius 2 is 2.04 bits per heavy atom. The highest BCUT2D eigenvalue weighted by Crippen LogP contribution is 2.20. The molecule has 0 aliphatic carbocycles. The number of likely N-dealkylation sites (tertiary alicyclic amines) is 1. The van der Waals surface area contributed by atoms with Crippen molar-refractivity contribution in [1.82, 2.24) is 29.7 Å². The Kier molecular flexibility index (Phi) is 4.28. The highest BCUT2D eigenvalue weighted by molar-refractivity contribution is 5.78. The van der Waals surface area contributed by atoms with Crippen LogP contribution in [0.5, 0.6) is 0 Å². The van der Waals surface area contributed by atoms with Crippen LogP contribution in [0.3, 0.4) is 0 Å². The van der Waals surface area contributed by atoms with Crippen LogP contribution in [0, 0.1) is 0 Å². The van der Waals surface area contributed by atoms with Crippen molar-refractivity contribution in [3.63, 3.8) is 0 Å². The van der Waals surface area contributed by atoms with Crippen LogP contribution in [0.15, 0.2) is 55.0 Å². The predicted molar refractivity (Wildman–Crippen MR) is 92.0 cm³/mol. The molecule has 0 saturated carbocycles. The monoisotopic (exact) mass is 336 g/mol. The Hall–Kier alpha value is -2.96. The van der Waals surface area contributed by atoms with Crippen LogP contribution in [-0.4, -0.2) is 48.2 Å². The highest BCUT2D eigenvalue weighted by atomic mass is 16.2. The third kappa shape index (κ3) is 3.45. The number of amides is 1. The summed E-state index contributed by atoms with van der Waals surface area (Å²) in [6.07, 6.45) is 7.71. The fraction of sp³-hybridized carbons (Fsp3) is 0.333. The molecule has 1 atom stereocenters. The molecule has 25 heavy (non-hydrogen) atoms. The standard InChI is InChI=1S/C18H20N6O/c25-18(23-11-4-8-17(23)14-22-10-5-9-19-22)12-15-13-20-24(21-15)16-6-2-1-3-7-16/h1-3,5-7,9-10,13,17H,4,8,11-12,14H2/t17-/m0/s1. The zero-order chi connectivity index (χ0) is 17.1. The molecule has 7 heteroatoms. The van der Waals surface area contributed by atoms with Gasteiger partial charge in [0.25, 0.3) is 0 Å². The van der Waals surface area contributed by atoms with Gasteiger partial charge in [-0.2, -0.15) is 20.1 Å². The second kappa shape index (κ2) is 6.88. The molecule has 0 N–H and O–H groups in total. The third-order valence-corrected chi connectivity index (χ3v) is 4.51. The largest absolute Gasteiger partial charge is 0.338 e. The van der Waals surface area contributed by atoms with E-state index in [1.54, 1.807) is 17.2 Å². The van der Waals surface area contributed by atoms with E-state index >= 15 is 0 Å². The first-order chi connectivity index (χ1) is 12.3. The zero-order valence-electron chi connectivity index (χ0n) is 13.9. The maximum absolute atomic E-state index is 12.7. The summed E-state index contributed by atoms with van der Waals surface area (Å²) in [5.74, 6) is 0.106. The molecule has 4 rings (SSSR count). The molecular weight excluding hydrogens is 316 g/mol. The molecule has 3 aromatic rings. The van der Waals surface area contributed by atoms with Crippen molar-refractivity contribution < 1.29 is 4.79 Å². The van der Waals surface area contributed by atoms with Crippen LogP contribution in [0.4, 0.5) is 0 Å². The van der Waals surface area contributed by atoms with Gasteiger partial charge < -0.3 is 4.90 Å². The number of rotatable bonds is 5. The summed E-state index contributed by atoms with van der Waals surface area (Å²) >= 11 is 0. The Labute approximate surface area is 145 Å². The molecule has 1 aliphatic rings. The second-order valence-corrected chi connectivity index (χ2v) is 6.25. The number of hydrogen-bond acceptors (Lipinski definition) is 4. The molecule has 7 nitrogen and oxygen atoms in total. The third-order valence-electron chi connectivity index (χ3n) is 4.51. The molecule has 1 amide bonds. The molecule has 0 unspecified atom stereocenters. The maximum Gasteiger partial charge on any atom is 0.229 e. The highest BCUT2D eigenvalue weighted by Gasteiger charge is 2.29. The predicted octanol–water partition coefficient (Wildman–Crippen LogP) is 1.70. The van der Waals surface area contributed by atoms with Gasteiger partial charge in [0.15, 0.2) is 0 Å². The summed E-state index contributed by atoms with van der Waals surface area (Å²) in [5, 5.41) is 12.9. The van der Waals surface area contributed by atoms with Crippen molar-refractivity contribution in [2.45, 2.75) is 31.8 Å². The van der Waals surface area contributed by atoms with Crippen molar-refractivity contribution in [3.8, 4) is 5.69 Å². The van der Waals surface area contributed by atoms with Crippen LogP contribution in [0.2, 0.25) is 0 Å². The van der Waals surface area contributed by atoms with Crippen molar-refractivity contribution in [3.05, 3.63) is 60.7 Å². The molecule has 1 saturated heterocycles. The van der Waals surface area contributed by atoms with E-state index in [1.165, 1.54) is 0 Å². The van der Waals surface area contributed by atoms with E-state index in [0.717, 1.165) is 31.6 Å². The first kappa shape index (κ1) is 15.6. The summed E-state index contributed by atoms with van der Waals surface area (Å²) in [5.41, 5.74) is 1.58. The number of carbonyl (C=O) groups excluding carboxylic acids is 1. The Morgan fingerprint density at radius 1 is 1.16 bits per heavy atom. The number of benzene rings is 1. The summed E-state index contributed by atoms with van der Waals surface area (Å²) in [6, 6.07) is 11.8. The fourth-order valence-corrected chi connectivity index (χ4v) is 3.30. The molecule has 1 aromatic carbocycles. The quantitative estimate of drug-likeness (QED) is 0.711. The number of nitrogens with zero attached hydrogens (tertiary/aromatic N) is 6. The first-order valence-electron chi connectivity index (χ1n) is 8.53. The van der Waals surface area contributed by atoms with Crippen LogP contribution in [0.25, 0.3) is 5.69 Å². The van der Waals surface area contributed by atoms with Crippen LogP contribution in [0.1, 0.15) is 18.5 Å². The minimum atomic E-state index is 0.106. The van der Waals surface area contributed by atoms with Crippen LogP contribution in [-0.2, 0) is 17.8 Å². The zero-order valence-corrected chi connectivity index (χ0v) is 13.9. The molecule has 0 spiro atoms. The molecule has 3 heterocycles. The van der Waals surface area contributed by atoms with Crippen molar-refractivity contribution in [2.75, 3.05) is 6.54 Å². The van der Waals surface area contributed by atoms with Crippen molar-refractivity contribution in [2.24, 2.45) is 0 Å². The van der Waals surface area contributed by atoms with Gasteiger partial charge in [-0.15, -0.1) is 0 Å². The lowest BCUT2D eigenvalue weighted by Gasteiger charge is -2.24. The van der Waals surface area contributed by atoms with Gasteiger partial charge in [0, 0.05) is 18.9 Å². The van der Waals surface area contributed by atoms with E-state index in [-0.39, 0.29) is 18.4 Å². The van der Waals surface area contributed by atoms with E-state index in [4.69, 9.17) is 0 Å². The fourth-order valence-electron chi connectivity index (χ4n) is 3.30. The Bertz CT molecular complexity index is 826. The molecule has 1 aliphatic heterocycles. The molecule has 0 bridgehead atoms. The summed E-state index contributed by atoms with van der Waals surface area (Å²) in [4.78, 5) is 16.2. The van der Waals surface area contributed by atoms with Gasteiger partial charge in [0.05, 0.1) is 36.6 Å². The molecule has 2 aromatic heterocycles.